The minimum Gasteiger partial charge on any atom is -0.430 e. The summed E-state index contributed by atoms with van der Waals surface area (Å²) in [5.41, 5.74) is 21.1. The van der Waals surface area contributed by atoms with Crippen LogP contribution in [0.15, 0.2) is 61.8 Å². The number of unbranched alkanes of at least 4 members (excludes halogenated alkanes) is 1. The van der Waals surface area contributed by atoms with E-state index in [1.165, 1.54) is 77.7 Å². The molecule has 0 spiro atoms. The molecular formula is C35H61B2IN3O4-. The molecule has 1 aliphatic carbocycles. The van der Waals surface area contributed by atoms with Crippen LogP contribution in [-0.4, -0.2) is 37.5 Å². The second-order valence-corrected chi connectivity index (χ2v) is 12.9. The third-order valence-corrected chi connectivity index (χ3v) is 9.36. The maximum Gasteiger partial charge on any atom is 0.309 e. The first-order chi connectivity index (χ1) is 21.7. The normalized spacial score (nSPS) is 14.0. The van der Waals surface area contributed by atoms with Crippen molar-refractivity contribution < 1.29 is 40.3 Å². The van der Waals surface area contributed by atoms with Crippen LogP contribution in [0.2, 0.25) is 0 Å². The van der Waals surface area contributed by atoms with Crippen LogP contribution in [0.5, 0.6) is 0 Å². The SMILES string of the molecule is C=CC.C=CN.CC.CCC1(CCCCN)CCCC1.C[I-]c1ccc2c(c1)B(O)OC2.Cc1ccc2c(c1)BOC2.NC=O. The average molecular weight is 736 g/mol. The predicted octanol–water partition coefficient (Wildman–Crippen LogP) is 1.79. The number of halogens is 1. The van der Waals surface area contributed by atoms with E-state index in [0.717, 1.165) is 37.1 Å². The van der Waals surface area contributed by atoms with E-state index in [2.05, 4.69) is 79.8 Å². The molecule has 5 rings (SSSR count). The summed E-state index contributed by atoms with van der Waals surface area (Å²) in [6, 6.07) is 12.7. The molecule has 2 aromatic carbocycles. The molecule has 2 aromatic rings. The summed E-state index contributed by atoms with van der Waals surface area (Å²) >= 11 is 0.115. The molecule has 7 N–H and O–H groups in total. The molecule has 0 aromatic heterocycles. The minimum absolute atomic E-state index is 0.115. The number of aryl methyl sites for hydroxylation is 1. The van der Waals surface area contributed by atoms with Crippen LogP contribution in [0.4, 0.5) is 0 Å². The summed E-state index contributed by atoms with van der Waals surface area (Å²) in [6.07, 6.45) is 14.5. The molecule has 1 saturated carbocycles. The number of hydrogen-bond acceptors (Lipinski definition) is 6. The number of nitrogens with two attached hydrogens (primary N) is 3. The van der Waals surface area contributed by atoms with Crippen LogP contribution in [-0.2, 0) is 27.3 Å². The Morgan fingerprint density at radius 2 is 1.64 bits per heavy atom. The van der Waals surface area contributed by atoms with Crippen molar-refractivity contribution in [2.45, 2.75) is 99.2 Å². The maximum atomic E-state index is 9.39. The Morgan fingerprint density at radius 1 is 1.07 bits per heavy atom. The van der Waals surface area contributed by atoms with Crippen molar-refractivity contribution in [2.24, 2.45) is 22.6 Å². The maximum absolute atomic E-state index is 9.39. The van der Waals surface area contributed by atoms with Gasteiger partial charge in [-0.2, -0.15) is 0 Å². The molecule has 0 atom stereocenters. The zero-order chi connectivity index (χ0) is 34.5. The van der Waals surface area contributed by atoms with Gasteiger partial charge in [-0.3, -0.25) is 4.79 Å². The Morgan fingerprint density at radius 3 is 2.18 bits per heavy atom. The first kappa shape index (κ1) is 45.0. The number of carbonyl (C=O) groups excluding carboxylic acids is 1. The summed E-state index contributed by atoms with van der Waals surface area (Å²) in [4.78, 5) is 10.8. The van der Waals surface area contributed by atoms with Crippen LogP contribution < -0.4 is 49.3 Å². The van der Waals surface area contributed by atoms with Crippen LogP contribution in [0.3, 0.4) is 0 Å². The Kier molecular flexibility index (Phi) is 29.3. The first-order valence-electron chi connectivity index (χ1n) is 16.1. The molecule has 0 bridgehead atoms. The van der Waals surface area contributed by atoms with Gasteiger partial charge in [-0.1, -0.05) is 82.9 Å². The number of alkyl halides is 1. The smallest absolute Gasteiger partial charge is 0.309 e. The van der Waals surface area contributed by atoms with Crippen molar-refractivity contribution in [1.29, 1.82) is 0 Å². The molecule has 0 unspecified atom stereocenters. The van der Waals surface area contributed by atoms with Gasteiger partial charge in [0, 0.05) is 0 Å². The van der Waals surface area contributed by atoms with Crippen molar-refractivity contribution in [3.05, 3.63) is 82.1 Å². The summed E-state index contributed by atoms with van der Waals surface area (Å²) in [5.74, 6) is 0. The van der Waals surface area contributed by atoms with Gasteiger partial charge in [0.05, 0.1) is 6.61 Å². The molecule has 1 amide bonds. The largest absolute Gasteiger partial charge is 0.430 e. The van der Waals surface area contributed by atoms with Crippen LogP contribution in [0.1, 0.15) is 95.8 Å². The Hall–Kier alpha value is -2.11. The minimum atomic E-state index is -0.685. The van der Waals surface area contributed by atoms with Gasteiger partial charge in [0.2, 0.25) is 6.41 Å². The zero-order valence-electron chi connectivity index (χ0n) is 29.0. The van der Waals surface area contributed by atoms with Crippen LogP contribution >= 0.6 is 0 Å². The molecule has 254 valence electrons. The molecular weight excluding hydrogens is 675 g/mol. The van der Waals surface area contributed by atoms with Gasteiger partial charge in [-0.15, -0.1) is 6.58 Å². The van der Waals surface area contributed by atoms with E-state index >= 15 is 0 Å². The second kappa shape index (κ2) is 29.3. The van der Waals surface area contributed by atoms with E-state index < -0.39 is 7.12 Å². The quantitative estimate of drug-likeness (QED) is 0.0894. The average Bonchev–Trinajstić information content (AvgIpc) is 3.81. The number of carbonyl (C=O) groups is 1. The first-order valence-corrected chi connectivity index (χ1v) is 19.3. The summed E-state index contributed by atoms with van der Waals surface area (Å²) in [5, 5.41) is 9.39. The number of primary amides is 1. The molecule has 45 heavy (non-hydrogen) atoms. The number of hydrogen-bond donors (Lipinski definition) is 4. The molecule has 10 heteroatoms. The van der Waals surface area contributed by atoms with E-state index in [9.17, 15) is 5.02 Å². The monoisotopic (exact) mass is 736 g/mol. The summed E-state index contributed by atoms with van der Waals surface area (Å²) in [7, 11) is 0.118. The Bertz CT molecular complexity index is 1040. The summed E-state index contributed by atoms with van der Waals surface area (Å²) in [6.45, 7) is 19.1. The van der Waals surface area contributed by atoms with Crippen molar-refractivity contribution >= 4 is 31.9 Å². The second-order valence-electron chi connectivity index (χ2n) is 10.5. The fraction of sp³-hybridized carbons (Fsp3) is 0.514. The number of allylic oxidation sites excluding steroid dienone is 1. The van der Waals surface area contributed by atoms with Gasteiger partial charge >= 0.3 is 89.8 Å². The molecule has 7 nitrogen and oxygen atoms in total. The van der Waals surface area contributed by atoms with Crippen molar-refractivity contribution in [1.82, 2.24) is 0 Å². The van der Waals surface area contributed by atoms with Crippen molar-refractivity contribution in [3.63, 3.8) is 0 Å². The summed E-state index contributed by atoms with van der Waals surface area (Å²) < 4.78 is 11.7. The molecule has 1 fully saturated rings. The number of amides is 1. The van der Waals surface area contributed by atoms with Gasteiger partial charge < -0.3 is 21.9 Å². The standard InChI is InChI=1S/C11H23N.C8H9BIO2.C8H9BO.C3H6.C2H5N.C2H6.CH3NO/c1-2-11(7-3-4-8-11)9-5-6-10-12;1-10-7-3-2-6-5-12-9(11)8(6)4-7;1-6-2-3-7-5-10-9-8(7)4-6;1-3-2;1-2-3;1-2;2-1-3/h2-10,12H2,1H3;2-4,11H,5H2,1H3;2-4,9H,5H2,1H3;3H,1H2,2H3;2H,1,3H2;1-2H3;1H,(H2,2,3)/q;-1;;;;;. The molecule has 2 heterocycles. The Labute approximate surface area is 286 Å². The van der Waals surface area contributed by atoms with Gasteiger partial charge in [-0.05, 0) is 68.7 Å². The van der Waals surface area contributed by atoms with E-state index in [-0.39, 0.29) is 27.6 Å². The van der Waals surface area contributed by atoms with E-state index in [1.807, 2.05) is 20.8 Å². The number of benzene rings is 2. The number of fused-ring (bicyclic) bond motifs is 2. The third-order valence-electron chi connectivity index (χ3n) is 7.44. The van der Waals surface area contributed by atoms with Gasteiger partial charge in [0.25, 0.3) is 0 Å². The third kappa shape index (κ3) is 19.2. The van der Waals surface area contributed by atoms with Crippen molar-refractivity contribution in [2.75, 3.05) is 11.5 Å². The van der Waals surface area contributed by atoms with Gasteiger partial charge in [0.1, 0.15) is 0 Å². The van der Waals surface area contributed by atoms with E-state index in [1.54, 1.807) is 6.08 Å². The zero-order valence-corrected chi connectivity index (χ0v) is 31.1. The van der Waals surface area contributed by atoms with Crippen molar-refractivity contribution in [3.8, 4) is 0 Å². The predicted molar refractivity (Wildman–Crippen MR) is 192 cm³/mol. The van der Waals surface area contributed by atoms with E-state index in [4.69, 9.17) is 19.8 Å². The fourth-order valence-electron chi connectivity index (χ4n) is 5.15. The topological polar surface area (TPSA) is 134 Å². The van der Waals surface area contributed by atoms with E-state index in [0.29, 0.717) is 6.61 Å². The molecule has 0 radical (unpaired) electrons. The van der Waals surface area contributed by atoms with Crippen LogP contribution in [0.25, 0.3) is 0 Å². The van der Waals surface area contributed by atoms with Gasteiger partial charge in [-0.25, -0.2) is 0 Å². The fourth-order valence-corrected chi connectivity index (χ4v) is 6.34. The van der Waals surface area contributed by atoms with Gasteiger partial charge in [0.15, 0.2) is 0 Å². The Balaban J connectivity index is 0. The molecule has 0 saturated heterocycles. The molecule has 2 aliphatic heterocycles. The molecule has 3 aliphatic rings. The number of rotatable bonds is 6. The van der Waals surface area contributed by atoms with Crippen LogP contribution in [0, 0.1) is 15.9 Å².